The lowest BCUT2D eigenvalue weighted by atomic mass is 10.1. The Labute approximate surface area is 101 Å². The maximum absolute atomic E-state index is 11.8. The molecule has 92 valence electrons. The van der Waals surface area contributed by atoms with Gasteiger partial charge >= 0.3 is 5.97 Å². The second-order valence-electron chi connectivity index (χ2n) is 4.18. The highest BCUT2D eigenvalue weighted by atomic mass is 16.4. The molecule has 0 radical (unpaired) electrons. The van der Waals surface area contributed by atoms with Crippen molar-refractivity contribution in [3.8, 4) is 0 Å². The zero-order valence-corrected chi connectivity index (χ0v) is 10.1. The fourth-order valence-corrected chi connectivity index (χ4v) is 1.51. The summed E-state index contributed by atoms with van der Waals surface area (Å²) < 4.78 is 0. The number of hydrogen-bond donors (Lipinski definition) is 2. The number of aliphatic carboxylic acids is 1. The molecule has 0 saturated heterocycles. The van der Waals surface area contributed by atoms with Gasteiger partial charge in [0.2, 0.25) is 0 Å². The van der Waals surface area contributed by atoms with Crippen LogP contribution in [-0.2, 0) is 4.79 Å². The molecule has 4 nitrogen and oxygen atoms in total. The summed E-state index contributed by atoms with van der Waals surface area (Å²) in [5, 5.41) is 11.3. The van der Waals surface area contributed by atoms with E-state index in [-0.39, 0.29) is 18.4 Å². The monoisotopic (exact) mass is 235 g/mol. The number of rotatable bonds is 5. The molecule has 0 unspecified atom stereocenters. The number of carbonyl (C=O) groups excluding carboxylic acids is 1. The van der Waals surface area contributed by atoms with Crippen LogP contribution in [0.4, 0.5) is 0 Å². The molecule has 0 saturated carbocycles. The van der Waals surface area contributed by atoms with Crippen molar-refractivity contribution < 1.29 is 14.7 Å². The number of carbonyl (C=O) groups is 2. The number of amides is 1. The molecule has 1 atom stereocenters. The Morgan fingerprint density at radius 1 is 1.41 bits per heavy atom. The standard InChI is InChI=1S/C13H17NO3/c1-9-4-3-5-11(8-9)13(17)14-10(2)6-7-12(15)16/h3-5,8,10H,6-7H2,1-2H3,(H,14,17)(H,15,16)/t10-/m1/s1. The first kappa shape index (κ1) is 13.2. The topological polar surface area (TPSA) is 66.4 Å². The van der Waals surface area contributed by atoms with E-state index in [0.29, 0.717) is 12.0 Å². The number of carboxylic acids is 1. The molecule has 1 rings (SSSR count). The number of carboxylic acid groups (broad SMARTS) is 1. The summed E-state index contributed by atoms with van der Waals surface area (Å²) in [6.45, 7) is 3.72. The van der Waals surface area contributed by atoms with Crippen LogP contribution in [0.15, 0.2) is 24.3 Å². The average Bonchev–Trinajstić information content (AvgIpc) is 2.26. The molecule has 0 aliphatic rings. The van der Waals surface area contributed by atoms with Gasteiger partial charge in [-0.05, 0) is 32.4 Å². The molecule has 4 heteroatoms. The SMILES string of the molecule is Cc1cccc(C(=O)N[C@H](C)CCC(=O)O)c1. The zero-order valence-electron chi connectivity index (χ0n) is 10.1. The fraction of sp³-hybridized carbons (Fsp3) is 0.385. The van der Waals surface area contributed by atoms with E-state index in [4.69, 9.17) is 5.11 Å². The number of hydrogen-bond acceptors (Lipinski definition) is 2. The first-order chi connectivity index (χ1) is 7.99. The predicted molar refractivity (Wildman–Crippen MR) is 65.0 cm³/mol. The third-order valence-electron chi connectivity index (χ3n) is 2.45. The average molecular weight is 235 g/mol. The number of benzene rings is 1. The molecule has 1 aromatic rings. The smallest absolute Gasteiger partial charge is 0.303 e. The third-order valence-corrected chi connectivity index (χ3v) is 2.45. The maximum Gasteiger partial charge on any atom is 0.303 e. The normalized spacial score (nSPS) is 11.9. The minimum Gasteiger partial charge on any atom is -0.481 e. The van der Waals surface area contributed by atoms with Crippen LogP contribution in [-0.4, -0.2) is 23.0 Å². The molecule has 0 fully saturated rings. The molecule has 17 heavy (non-hydrogen) atoms. The van der Waals surface area contributed by atoms with E-state index in [9.17, 15) is 9.59 Å². The van der Waals surface area contributed by atoms with Crippen LogP contribution in [0.3, 0.4) is 0 Å². The second kappa shape index (κ2) is 6.03. The minimum atomic E-state index is -0.846. The van der Waals surface area contributed by atoms with E-state index in [1.165, 1.54) is 0 Å². The van der Waals surface area contributed by atoms with Gasteiger partial charge in [-0.3, -0.25) is 9.59 Å². The van der Waals surface area contributed by atoms with Crippen molar-refractivity contribution in [1.82, 2.24) is 5.32 Å². The molecule has 0 bridgehead atoms. The van der Waals surface area contributed by atoms with Gasteiger partial charge in [0.05, 0.1) is 0 Å². The summed E-state index contributed by atoms with van der Waals surface area (Å²) in [4.78, 5) is 22.2. The Morgan fingerprint density at radius 3 is 2.71 bits per heavy atom. The highest BCUT2D eigenvalue weighted by Gasteiger charge is 2.10. The van der Waals surface area contributed by atoms with Crippen molar-refractivity contribution in [2.45, 2.75) is 32.7 Å². The molecular formula is C13H17NO3. The third kappa shape index (κ3) is 4.68. The van der Waals surface area contributed by atoms with Crippen molar-refractivity contribution in [2.75, 3.05) is 0 Å². The van der Waals surface area contributed by atoms with Crippen molar-refractivity contribution in [2.24, 2.45) is 0 Å². The van der Waals surface area contributed by atoms with E-state index in [2.05, 4.69) is 5.32 Å². The zero-order chi connectivity index (χ0) is 12.8. The van der Waals surface area contributed by atoms with Crippen molar-refractivity contribution >= 4 is 11.9 Å². The lowest BCUT2D eigenvalue weighted by Gasteiger charge is -2.12. The van der Waals surface area contributed by atoms with E-state index in [0.717, 1.165) is 5.56 Å². The summed E-state index contributed by atoms with van der Waals surface area (Å²) in [5.41, 5.74) is 1.63. The van der Waals surface area contributed by atoms with Gasteiger partial charge in [-0.2, -0.15) is 0 Å². The Morgan fingerprint density at radius 2 is 2.12 bits per heavy atom. The molecular weight excluding hydrogens is 218 g/mol. The van der Waals surface area contributed by atoms with Gasteiger partial charge < -0.3 is 10.4 Å². The van der Waals surface area contributed by atoms with Crippen molar-refractivity contribution in [3.63, 3.8) is 0 Å². The quantitative estimate of drug-likeness (QED) is 0.820. The first-order valence-corrected chi connectivity index (χ1v) is 5.58. The van der Waals surface area contributed by atoms with Gasteiger partial charge in [-0.15, -0.1) is 0 Å². The highest BCUT2D eigenvalue weighted by Crippen LogP contribution is 2.05. The Bertz CT molecular complexity index is 415. The molecule has 1 amide bonds. The number of aryl methyl sites for hydroxylation is 1. The van der Waals surface area contributed by atoms with Crippen LogP contribution in [0.5, 0.6) is 0 Å². The summed E-state index contributed by atoms with van der Waals surface area (Å²) in [7, 11) is 0. The molecule has 0 spiro atoms. The summed E-state index contributed by atoms with van der Waals surface area (Å²) in [6, 6.07) is 7.15. The van der Waals surface area contributed by atoms with E-state index < -0.39 is 5.97 Å². The van der Waals surface area contributed by atoms with Gasteiger partial charge in [0.1, 0.15) is 0 Å². The van der Waals surface area contributed by atoms with Gasteiger partial charge in [0.25, 0.3) is 5.91 Å². The highest BCUT2D eigenvalue weighted by molar-refractivity contribution is 5.94. The van der Waals surface area contributed by atoms with Gasteiger partial charge in [0, 0.05) is 18.0 Å². The first-order valence-electron chi connectivity index (χ1n) is 5.58. The number of nitrogens with one attached hydrogen (secondary N) is 1. The van der Waals surface area contributed by atoms with E-state index >= 15 is 0 Å². The lowest BCUT2D eigenvalue weighted by molar-refractivity contribution is -0.137. The molecule has 2 N–H and O–H groups in total. The van der Waals surface area contributed by atoms with Crippen molar-refractivity contribution in [3.05, 3.63) is 35.4 Å². The van der Waals surface area contributed by atoms with Gasteiger partial charge in [-0.25, -0.2) is 0 Å². The van der Waals surface area contributed by atoms with Crippen LogP contribution in [0.2, 0.25) is 0 Å². The van der Waals surface area contributed by atoms with Crippen LogP contribution >= 0.6 is 0 Å². The Hall–Kier alpha value is -1.84. The van der Waals surface area contributed by atoms with E-state index in [1.54, 1.807) is 19.1 Å². The van der Waals surface area contributed by atoms with Crippen LogP contribution in [0.1, 0.15) is 35.7 Å². The van der Waals surface area contributed by atoms with Crippen molar-refractivity contribution in [1.29, 1.82) is 0 Å². The lowest BCUT2D eigenvalue weighted by Crippen LogP contribution is -2.32. The van der Waals surface area contributed by atoms with Crippen LogP contribution < -0.4 is 5.32 Å². The molecule has 0 heterocycles. The van der Waals surface area contributed by atoms with Crippen LogP contribution in [0, 0.1) is 6.92 Å². The Balaban J connectivity index is 2.51. The summed E-state index contributed by atoms with van der Waals surface area (Å²) in [5.74, 6) is -1.01. The summed E-state index contributed by atoms with van der Waals surface area (Å²) in [6.07, 6.45) is 0.502. The minimum absolute atomic E-state index is 0.0647. The van der Waals surface area contributed by atoms with Crippen LogP contribution in [0.25, 0.3) is 0 Å². The largest absolute Gasteiger partial charge is 0.481 e. The predicted octanol–water partition coefficient (Wildman–Crippen LogP) is 1.98. The maximum atomic E-state index is 11.8. The summed E-state index contributed by atoms with van der Waals surface area (Å²) >= 11 is 0. The molecule has 1 aromatic carbocycles. The fourth-order valence-electron chi connectivity index (χ4n) is 1.51. The molecule has 0 aromatic heterocycles. The molecule has 0 aliphatic heterocycles. The molecule has 0 aliphatic carbocycles. The van der Waals surface area contributed by atoms with E-state index in [1.807, 2.05) is 19.1 Å². The second-order valence-corrected chi connectivity index (χ2v) is 4.18. The Kier molecular flexibility index (Phi) is 4.69. The van der Waals surface area contributed by atoms with Gasteiger partial charge in [-0.1, -0.05) is 17.7 Å². The van der Waals surface area contributed by atoms with Gasteiger partial charge in [0.15, 0.2) is 0 Å².